The van der Waals surface area contributed by atoms with Crippen LogP contribution in [0, 0.1) is 0 Å². The molecule has 0 unspecified atom stereocenters. The number of benzene rings is 9. The van der Waals surface area contributed by atoms with Gasteiger partial charge in [0.05, 0.1) is 45.5 Å². The minimum absolute atomic E-state index is 1.03. The molecular weight excluding hydrogens is 741 g/mol. The Morgan fingerprint density at radius 1 is 0.393 bits per heavy atom. The molecule has 292 valence electrons. The minimum atomic E-state index is 1.03. The van der Waals surface area contributed by atoms with E-state index in [4.69, 9.17) is 0 Å². The van der Waals surface area contributed by atoms with Crippen molar-refractivity contribution in [3.05, 3.63) is 199 Å². The van der Waals surface area contributed by atoms with E-state index in [0.29, 0.717) is 0 Å². The van der Waals surface area contributed by atoms with Crippen LogP contribution in [0.15, 0.2) is 194 Å². The van der Waals surface area contributed by atoms with Crippen molar-refractivity contribution < 1.29 is 0 Å². The molecule has 2 aliphatic heterocycles. The second-order valence-electron chi connectivity index (χ2n) is 16.7. The van der Waals surface area contributed by atoms with Crippen molar-refractivity contribution in [2.24, 2.45) is 0 Å². The van der Waals surface area contributed by atoms with Crippen LogP contribution in [0.25, 0.3) is 49.0 Å². The zero-order chi connectivity index (χ0) is 40.8. The van der Waals surface area contributed by atoms with Gasteiger partial charge >= 0.3 is 0 Å². The standard InChI is InChI=1S/C57H44N4/c1-37-16-14-19-39(34-37)56-44-32-30-41(61-54-28-12-8-24-50(54)59(3)51-25-9-13-29-55(51)61)36-47(44)57(43-21-15-18-38-17-4-5-20-42(38)43)45-33-31-40(35-46(45)56)60-52-26-10-6-22-48(52)58(2)49-23-7-11-27-53(49)60/h4-13,15,17-36H,14,16H2,1-3H3. The first-order chi connectivity index (χ1) is 30.0. The summed E-state index contributed by atoms with van der Waals surface area (Å²) < 4.78 is 0. The Kier molecular flexibility index (Phi) is 7.98. The van der Waals surface area contributed by atoms with Gasteiger partial charge in [-0.25, -0.2) is 0 Å². The molecule has 0 amide bonds. The summed E-state index contributed by atoms with van der Waals surface area (Å²) in [4.78, 5) is 9.54. The van der Waals surface area contributed by atoms with Crippen molar-refractivity contribution in [1.82, 2.24) is 0 Å². The van der Waals surface area contributed by atoms with Crippen molar-refractivity contribution >= 4 is 94.8 Å². The molecule has 0 radical (unpaired) electrons. The fourth-order valence-electron chi connectivity index (χ4n) is 10.4. The van der Waals surface area contributed by atoms with Gasteiger partial charge in [0.15, 0.2) is 0 Å². The van der Waals surface area contributed by atoms with Crippen LogP contribution in [0.4, 0.5) is 56.9 Å². The second-order valence-corrected chi connectivity index (χ2v) is 16.7. The second kappa shape index (κ2) is 13.8. The van der Waals surface area contributed by atoms with Gasteiger partial charge in [-0.05, 0) is 147 Å². The number of nitrogens with zero attached hydrogens (tertiary/aromatic N) is 4. The van der Waals surface area contributed by atoms with Crippen LogP contribution < -0.4 is 19.6 Å². The summed E-state index contributed by atoms with van der Waals surface area (Å²) in [6, 6.07) is 65.2. The molecule has 12 rings (SSSR count). The van der Waals surface area contributed by atoms with E-state index in [1.165, 1.54) is 106 Å². The lowest BCUT2D eigenvalue weighted by atomic mass is 9.82. The Hall–Kier alpha value is -7.56. The van der Waals surface area contributed by atoms with Crippen LogP contribution in [0.5, 0.6) is 0 Å². The van der Waals surface area contributed by atoms with Crippen LogP contribution in [-0.4, -0.2) is 14.1 Å². The molecule has 0 bridgehead atoms. The number of para-hydroxylation sites is 8. The van der Waals surface area contributed by atoms with E-state index in [0.717, 1.165) is 24.2 Å². The Morgan fingerprint density at radius 3 is 1.36 bits per heavy atom. The fraction of sp³-hybridized carbons (Fsp3) is 0.0877. The van der Waals surface area contributed by atoms with E-state index in [-0.39, 0.29) is 0 Å². The van der Waals surface area contributed by atoms with Gasteiger partial charge in [-0.2, -0.15) is 0 Å². The Labute approximate surface area is 357 Å². The van der Waals surface area contributed by atoms with Crippen molar-refractivity contribution in [3.63, 3.8) is 0 Å². The summed E-state index contributed by atoms with van der Waals surface area (Å²) in [5, 5.41) is 7.47. The molecule has 0 aromatic heterocycles. The van der Waals surface area contributed by atoms with Gasteiger partial charge < -0.3 is 19.6 Å². The summed E-state index contributed by atoms with van der Waals surface area (Å²) >= 11 is 0. The van der Waals surface area contributed by atoms with E-state index in [1.54, 1.807) is 0 Å². The zero-order valence-corrected chi connectivity index (χ0v) is 34.6. The van der Waals surface area contributed by atoms with Crippen LogP contribution in [0.1, 0.15) is 25.3 Å². The third-order valence-corrected chi connectivity index (χ3v) is 13.2. The van der Waals surface area contributed by atoms with E-state index in [2.05, 4.69) is 229 Å². The topological polar surface area (TPSA) is 13.0 Å². The normalized spacial score (nSPS) is 14.4. The van der Waals surface area contributed by atoms with E-state index in [9.17, 15) is 0 Å². The highest BCUT2D eigenvalue weighted by atomic mass is 15.3. The zero-order valence-electron chi connectivity index (χ0n) is 34.6. The minimum Gasteiger partial charge on any atom is -0.341 e. The average molecular weight is 785 g/mol. The maximum Gasteiger partial charge on any atom is 0.0699 e. The van der Waals surface area contributed by atoms with Gasteiger partial charge in [-0.1, -0.05) is 121 Å². The molecule has 0 saturated heterocycles. The van der Waals surface area contributed by atoms with Crippen molar-refractivity contribution in [2.45, 2.75) is 19.8 Å². The Morgan fingerprint density at radius 2 is 0.836 bits per heavy atom. The molecule has 9 aromatic carbocycles. The van der Waals surface area contributed by atoms with Crippen LogP contribution in [0.3, 0.4) is 0 Å². The highest BCUT2D eigenvalue weighted by Crippen LogP contribution is 2.55. The van der Waals surface area contributed by atoms with E-state index >= 15 is 0 Å². The SMILES string of the molecule is CC1=CC(c2c3cc(N4c5ccccc5N(C)c5ccccc54)ccc3c(-c3cccc4ccccc34)c3cc(N4c5ccccc5N(C)c5ccccc54)ccc23)=CCC1. The smallest absolute Gasteiger partial charge is 0.0699 e. The molecule has 61 heavy (non-hydrogen) atoms. The predicted molar refractivity (Wildman–Crippen MR) is 261 cm³/mol. The van der Waals surface area contributed by atoms with Gasteiger partial charge in [0.25, 0.3) is 0 Å². The molecule has 0 spiro atoms. The van der Waals surface area contributed by atoms with Crippen molar-refractivity contribution in [2.75, 3.05) is 33.7 Å². The number of anilines is 10. The lowest BCUT2D eigenvalue weighted by Gasteiger charge is -2.39. The van der Waals surface area contributed by atoms with Gasteiger partial charge in [-0.15, -0.1) is 0 Å². The molecule has 1 aliphatic carbocycles. The average Bonchev–Trinajstić information content (AvgIpc) is 3.31. The summed E-state index contributed by atoms with van der Waals surface area (Å²) in [6.45, 7) is 2.28. The predicted octanol–water partition coefficient (Wildman–Crippen LogP) is 16.0. The fourth-order valence-corrected chi connectivity index (χ4v) is 10.4. The quantitative estimate of drug-likeness (QED) is 0.165. The molecule has 3 aliphatic rings. The molecule has 0 atom stereocenters. The lowest BCUT2D eigenvalue weighted by Crippen LogP contribution is -2.24. The van der Waals surface area contributed by atoms with Crippen LogP contribution in [-0.2, 0) is 0 Å². The number of hydrogen-bond donors (Lipinski definition) is 0. The van der Waals surface area contributed by atoms with Crippen molar-refractivity contribution in [1.29, 1.82) is 0 Å². The molecule has 0 fully saturated rings. The maximum absolute atomic E-state index is 2.47. The number of rotatable bonds is 4. The number of allylic oxidation sites excluding steroid dienone is 4. The number of fused-ring (bicyclic) bond motifs is 7. The lowest BCUT2D eigenvalue weighted by molar-refractivity contribution is 0.966. The Bertz CT molecular complexity index is 3240. The third-order valence-electron chi connectivity index (χ3n) is 13.2. The van der Waals surface area contributed by atoms with E-state index in [1.807, 2.05) is 0 Å². The first-order valence-electron chi connectivity index (χ1n) is 21.4. The first-order valence-corrected chi connectivity index (χ1v) is 21.4. The van der Waals surface area contributed by atoms with Gasteiger partial charge in [0.2, 0.25) is 0 Å². The molecular formula is C57H44N4. The molecule has 0 N–H and O–H groups in total. The number of hydrogen-bond acceptors (Lipinski definition) is 4. The summed E-state index contributed by atoms with van der Waals surface area (Å²) in [5.41, 5.74) is 18.2. The van der Waals surface area contributed by atoms with Crippen LogP contribution >= 0.6 is 0 Å². The molecule has 4 heteroatoms. The summed E-state index contributed by atoms with van der Waals surface area (Å²) in [7, 11) is 4.35. The third kappa shape index (κ3) is 5.38. The highest BCUT2D eigenvalue weighted by Gasteiger charge is 2.30. The monoisotopic (exact) mass is 784 g/mol. The molecule has 9 aromatic rings. The van der Waals surface area contributed by atoms with Gasteiger partial charge in [-0.3, -0.25) is 0 Å². The van der Waals surface area contributed by atoms with E-state index < -0.39 is 0 Å². The molecule has 4 nitrogen and oxygen atoms in total. The van der Waals surface area contributed by atoms with Crippen molar-refractivity contribution in [3.8, 4) is 11.1 Å². The highest BCUT2D eigenvalue weighted by molar-refractivity contribution is 6.23. The first kappa shape index (κ1) is 35.4. The molecule has 0 saturated carbocycles. The van der Waals surface area contributed by atoms with Gasteiger partial charge in [0.1, 0.15) is 0 Å². The largest absolute Gasteiger partial charge is 0.341 e. The van der Waals surface area contributed by atoms with Crippen LogP contribution in [0.2, 0.25) is 0 Å². The maximum atomic E-state index is 2.47. The summed E-state index contributed by atoms with van der Waals surface area (Å²) in [5.74, 6) is 0. The summed E-state index contributed by atoms with van der Waals surface area (Å²) in [6.07, 6.45) is 7.01. The Balaban J connectivity index is 1.20. The van der Waals surface area contributed by atoms with Gasteiger partial charge in [0, 0.05) is 25.5 Å². The molecule has 2 heterocycles.